The molecule has 1 atom stereocenters. The molecular weight excluding hydrogens is 246 g/mol. The van der Waals surface area contributed by atoms with Gasteiger partial charge in [-0.2, -0.15) is 0 Å². The van der Waals surface area contributed by atoms with Crippen molar-refractivity contribution >= 4 is 17.6 Å². The van der Waals surface area contributed by atoms with Crippen LogP contribution in [0, 0.1) is 0 Å². The summed E-state index contributed by atoms with van der Waals surface area (Å²) in [5.41, 5.74) is 1.56. The van der Waals surface area contributed by atoms with Crippen LogP contribution in [0.3, 0.4) is 0 Å². The van der Waals surface area contributed by atoms with Crippen molar-refractivity contribution in [2.45, 2.75) is 19.6 Å². The number of ether oxygens (including phenoxy) is 1. The zero-order valence-corrected chi connectivity index (χ0v) is 11.2. The predicted molar refractivity (Wildman–Crippen MR) is 71.1 cm³/mol. The number of hydrogen-bond acceptors (Lipinski definition) is 3. The van der Waals surface area contributed by atoms with Crippen LogP contribution >= 0.6 is 0 Å². The van der Waals surface area contributed by atoms with Crippen LogP contribution in [0.5, 0.6) is 5.75 Å². The van der Waals surface area contributed by atoms with E-state index in [0.717, 1.165) is 5.56 Å². The number of carbonyl (C=O) groups is 2. The Morgan fingerprint density at radius 2 is 2.26 bits per heavy atom. The van der Waals surface area contributed by atoms with Crippen molar-refractivity contribution in [3.63, 3.8) is 0 Å². The lowest BCUT2D eigenvalue weighted by atomic mass is 10.1. The van der Waals surface area contributed by atoms with Gasteiger partial charge < -0.3 is 20.3 Å². The molecule has 1 heterocycles. The van der Waals surface area contributed by atoms with Gasteiger partial charge in [0.05, 0.1) is 5.69 Å². The number of hydrogen-bond donors (Lipinski definition) is 2. The molecule has 0 aliphatic carbocycles. The van der Waals surface area contributed by atoms with E-state index in [1.54, 1.807) is 32.0 Å². The molecule has 1 aliphatic heterocycles. The van der Waals surface area contributed by atoms with Gasteiger partial charge in [0.15, 0.2) is 6.10 Å². The van der Waals surface area contributed by atoms with Crippen molar-refractivity contribution in [1.29, 1.82) is 0 Å². The van der Waals surface area contributed by atoms with E-state index < -0.39 is 6.10 Å². The number of benzene rings is 1. The molecule has 3 amide bonds. The summed E-state index contributed by atoms with van der Waals surface area (Å²) in [5.74, 6) is 0.489. The molecule has 6 nitrogen and oxygen atoms in total. The maximum Gasteiger partial charge on any atom is 0.317 e. The number of carbonyl (C=O) groups excluding carboxylic acids is 2. The molecule has 1 aliphatic rings. The van der Waals surface area contributed by atoms with E-state index >= 15 is 0 Å². The second-order valence-electron chi connectivity index (χ2n) is 4.49. The van der Waals surface area contributed by atoms with Crippen LogP contribution in [0.1, 0.15) is 12.5 Å². The molecule has 2 N–H and O–H groups in total. The number of rotatable bonds is 2. The maximum absolute atomic E-state index is 11.5. The molecular formula is C13H17N3O3. The highest BCUT2D eigenvalue weighted by atomic mass is 16.5. The third-order valence-electron chi connectivity index (χ3n) is 2.96. The fourth-order valence-electron chi connectivity index (χ4n) is 1.89. The van der Waals surface area contributed by atoms with Crippen LogP contribution < -0.4 is 15.4 Å². The summed E-state index contributed by atoms with van der Waals surface area (Å²) < 4.78 is 5.47. The van der Waals surface area contributed by atoms with E-state index in [1.165, 1.54) is 0 Å². The summed E-state index contributed by atoms with van der Waals surface area (Å²) in [5, 5.41) is 5.34. The fourth-order valence-corrected chi connectivity index (χ4v) is 1.89. The summed E-state index contributed by atoms with van der Waals surface area (Å²) in [4.78, 5) is 24.5. The fraction of sp³-hybridized carbons (Fsp3) is 0.385. The molecule has 0 spiro atoms. The number of amides is 3. The molecule has 0 fully saturated rings. The molecule has 102 valence electrons. The lowest BCUT2D eigenvalue weighted by molar-refractivity contribution is -0.122. The first-order valence-corrected chi connectivity index (χ1v) is 6.04. The highest BCUT2D eigenvalue weighted by Gasteiger charge is 2.23. The number of fused-ring (bicyclic) bond motifs is 1. The summed E-state index contributed by atoms with van der Waals surface area (Å²) in [7, 11) is 3.29. The van der Waals surface area contributed by atoms with Crippen molar-refractivity contribution in [2.75, 3.05) is 19.4 Å². The average Bonchev–Trinajstić information content (AvgIpc) is 2.39. The van der Waals surface area contributed by atoms with E-state index in [0.29, 0.717) is 18.0 Å². The highest BCUT2D eigenvalue weighted by molar-refractivity contribution is 5.97. The Bertz CT molecular complexity index is 516. The molecule has 19 heavy (non-hydrogen) atoms. The van der Waals surface area contributed by atoms with Crippen molar-refractivity contribution in [2.24, 2.45) is 0 Å². The van der Waals surface area contributed by atoms with E-state index in [9.17, 15) is 9.59 Å². The Labute approximate surface area is 111 Å². The second-order valence-corrected chi connectivity index (χ2v) is 4.49. The van der Waals surface area contributed by atoms with Gasteiger partial charge in [-0.15, -0.1) is 0 Å². The standard InChI is InChI=1S/C13H17N3O3/c1-8-12(17)15-10-6-9(4-5-11(10)19-8)7-16(3)13(18)14-2/h4-6,8H,7H2,1-3H3,(H,14,18)(H,15,17). The number of urea groups is 1. The molecule has 2 rings (SSSR count). The highest BCUT2D eigenvalue weighted by Crippen LogP contribution is 2.30. The Kier molecular flexibility index (Phi) is 3.59. The van der Waals surface area contributed by atoms with E-state index in [1.807, 2.05) is 12.1 Å². The summed E-state index contributed by atoms with van der Waals surface area (Å²) >= 11 is 0. The Morgan fingerprint density at radius 1 is 1.53 bits per heavy atom. The Balaban J connectivity index is 2.15. The van der Waals surface area contributed by atoms with Gasteiger partial charge in [-0.1, -0.05) is 6.07 Å². The van der Waals surface area contributed by atoms with Crippen LogP contribution in [-0.2, 0) is 11.3 Å². The summed E-state index contributed by atoms with van der Waals surface area (Å²) in [6, 6.07) is 5.34. The summed E-state index contributed by atoms with van der Waals surface area (Å²) in [6.45, 7) is 2.16. The van der Waals surface area contributed by atoms with Gasteiger partial charge in [0.2, 0.25) is 0 Å². The lowest BCUT2D eigenvalue weighted by Gasteiger charge is -2.24. The first-order valence-electron chi connectivity index (χ1n) is 6.04. The molecule has 0 radical (unpaired) electrons. The van der Waals surface area contributed by atoms with Gasteiger partial charge in [0.1, 0.15) is 5.75 Å². The van der Waals surface area contributed by atoms with Crippen LogP contribution in [-0.4, -0.2) is 37.0 Å². The zero-order valence-electron chi connectivity index (χ0n) is 11.2. The van der Waals surface area contributed by atoms with Gasteiger partial charge in [-0.05, 0) is 24.6 Å². The van der Waals surface area contributed by atoms with Gasteiger partial charge >= 0.3 is 6.03 Å². The first-order chi connectivity index (χ1) is 9.01. The lowest BCUT2D eigenvalue weighted by Crippen LogP contribution is -2.35. The van der Waals surface area contributed by atoms with Crippen LogP contribution in [0.4, 0.5) is 10.5 Å². The van der Waals surface area contributed by atoms with Gasteiger partial charge in [-0.3, -0.25) is 4.79 Å². The number of nitrogens with zero attached hydrogens (tertiary/aromatic N) is 1. The Hall–Kier alpha value is -2.24. The van der Waals surface area contributed by atoms with Crippen LogP contribution in [0.15, 0.2) is 18.2 Å². The third-order valence-corrected chi connectivity index (χ3v) is 2.96. The molecule has 1 aromatic rings. The molecule has 0 bridgehead atoms. The van der Waals surface area contributed by atoms with Gasteiger partial charge in [-0.25, -0.2) is 4.79 Å². The topological polar surface area (TPSA) is 70.7 Å². The first kappa shape index (κ1) is 13.2. The largest absolute Gasteiger partial charge is 0.479 e. The van der Waals surface area contributed by atoms with Gasteiger partial charge in [0.25, 0.3) is 5.91 Å². The molecule has 0 saturated heterocycles. The minimum absolute atomic E-state index is 0.161. The quantitative estimate of drug-likeness (QED) is 0.841. The minimum atomic E-state index is -0.480. The molecule has 1 unspecified atom stereocenters. The van der Waals surface area contributed by atoms with Crippen molar-refractivity contribution in [1.82, 2.24) is 10.2 Å². The molecule has 0 aromatic heterocycles. The number of anilines is 1. The molecule has 6 heteroatoms. The minimum Gasteiger partial charge on any atom is -0.479 e. The van der Waals surface area contributed by atoms with E-state index in [-0.39, 0.29) is 11.9 Å². The van der Waals surface area contributed by atoms with Crippen molar-refractivity contribution in [3.8, 4) is 5.75 Å². The van der Waals surface area contributed by atoms with Crippen molar-refractivity contribution < 1.29 is 14.3 Å². The molecule has 1 aromatic carbocycles. The average molecular weight is 263 g/mol. The summed E-state index contributed by atoms with van der Waals surface area (Å²) in [6.07, 6.45) is -0.480. The molecule has 0 saturated carbocycles. The van der Waals surface area contributed by atoms with Gasteiger partial charge in [0, 0.05) is 20.6 Å². The third kappa shape index (κ3) is 2.78. The maximum atomic E-state index is 11.5. The zero-order chi connectivity index (χ0) is 14.0. The van der Waals surface area contributed by atoms with E-state index in [4.69, 9.17) is 4.74 Å². The smallest absolute Gasteiger partial charge is 0.317 e. The van der Waals surface area contributed by atoms with E-state index in [2.05, 4.69) is 10.6 Å². The number of nitrogens with one attached hydrogen (secondary N) is 2. The van der Waals surface area contributed by atoms with Crippen LogP contribution in [0.25, 0.3) is 0 Å². The SMILES string of the molecule is CNC(=O)N(C)Cc1ccc2c(c1)NC(=O)C(C)O2. The second kappa shape index (κ2) is 5.17. The van der Waals surface area contributed by atoms with Crippen molar-refractivity contribution in [3.05, 3.63) is 23.8 Å². The monoisotopic (exact) mass is 263 g/mol. The Morgan fingerprint density at radius 3 is 2.95 bits per heavy atom. The normalized spacial score (nSPS) is 17.0. The predicted octanol–water partition coefficient (Wildman–Crippen LogP) is 1.18. The van der Waals surface area contributed by atoms with Crippen LogP contribution in [0.2, 0.25) is 0 Å².